The third-order valence-corrected chi connectivity index (χ3v) is 5.22. The largest absolute Gasteiger partial charge is 0.481 e. The van der Waals surface area contributed by atoms with E-state index in [1.165, 1.54) is 0 Å². The molecule has 158 valence electrons. The minimum atomic E-state index is -0.753. The number of amides is 1. The molecule has 0 spiro atoms. The number of aliphatic carboxylic acids is 1. The number of rotatable bonds is 12. The van der Waals surface area contributed by atoms with E-state index in [4.69, 9.17) is 5.11 Å². The molecule has 2 rings (SSSR count). The van der Waals surface area contributed by atoms with Crippen LogP contribution >= 0.6 is 0 Å². The van der Waals surface area contributed by atoms with Gasteiger partial charge in [-0.15, -0.1) is 0 Å². The van der Waals surface area contributed by atoms with Gasteiger partial charge in [0, 0.05) is 25.8 Å². The number of carboxylic acids is 1. The summed E-state index contributed by atoms with van der Waals surface area (Å²) >= 11 is 0. The third-order valence-electron chi connectivity index (χ3n) is 5.22. The number of allylic oxidation sites excluding steroid dienone is 1. The number of aliphatic hydroxyl groups excluding tert-OH is 1. The molecule has 1 aliphatic heterocycles. The van der Waals surface area contributed by atoms with Gasteiger partial charge in [0.25, 0.3) is 0 Å². The molecule has 2 N–H and O–H groups in total. The Bertz CT molecular complexity index is 725. The number of aliphatic hydroxyl groups is 1. The summed E-state index contributed by atoms with van der Waals surface area (Å²) in [6.07, 6.45) is 12.7. The van der Waals surface area contributed by atoms with Gasteiger partial charge in [-0.05, 0) is 37.3 Å². The number of carbonyl (C=O) groups excluding carboxylic acids is 1. The Labute approximate surface area is 173 Å². The molecule has 0 aromatic heterocycles. The van der Waals surface area contributed by atoms with Crippen LogP contribution in [0.2, 0.25) is 0 Å². The Kier molecular flexibility index (Phi) is 9.65. The fraction of sp³-hybridized carbons (Fsp3) is 0.500. The second-order valence-electron chi connectivity index (χ2n) is 7.65. The predicted octanol–water partition coefficient (Wildman–Crippen LogP) is 4.21. The Morgan fingerprint density at radius 3 is 2.83 bits per heavy atom. The molecule has 2 atom stereocenters. The first-order valence-electron chi connectivity index (χ1n) is 10.6. The van der Waals surface area contributed by atoms with Gasteiger partial charge in [0.05, 0.1) is 12.1 Å². The van der Waals surface area contributed by atoms with Gasteiger partial charge < -0.3 is 15.1 Å². The molecule has 0 bridgehead atoms. The Balaban J connectivity index is 1.80. The first kappa shape index (κ1) is 22.9. The molecule has 5 nitrogen and oxygen atoms in total. The zero-order valence-corrected chi connectivity index (χ0v) is 17.3. The number of likely N-dealkylation sites (tertiary alicyclic amines) is 1. The minimum absolute atomic E-state index is 0.0468. The molecule has 1 aromatic carbocycles. The van der Waals surface area contributed by atoms with E-state index < -0.39 is 12.1 Å². The predicted molar refractivity (Wildman–Crippen MR) is 115 cm³/mol. The number of unbranched alkanes of at least 4 members (excludes halogenated alkanes) is 3. The molecule has 1 aliphatic rings. The standard InChI is InChI=1S/C24H33NO4/c1-2-8-19-9-7-10-20(17-19)18-22(26)14-12-21-13-15-23(27)25(21)16-6-4-3-5-11-24(28)29/h2,7-10,12,14,17,21-22,26H,3-6,11,13,15-16,18H2,1H3,(H,28,29)/b8-2+,14-12+/t21-,22+/m0/s1. The van der Waals surface area contributed by atoms with Crippen LogP contribution in [0.15, 0.2) is 42.5 Å². The summed E-state index contributed by atoms with van der Waals surface area (Å²) in [6, 6.07) is 8.17. The van der Waals surface area contributed by atoms with Gasteiger partial charge in [-0.25, -0.2) is 0 Å². The van der Waals surface area contributed by atoms with E-state index in [1.54, 1.807) is 0 Å². The molecule has 0 radical (unpaired) electrons. The molecule has 1 saturated heterocycles. The van der Waals surface area contributed by atoms with Crippen molar-refractivity contribution in [3.8, 4) is 0 Å². The molecule has 0 aliphatic carbocycles. The average Bonchev–Trinajstić information content (AvgIpc) is 3.03. The van der Waals surface area contributed by atoms with Gasteiger partial charge in [0.1, 0.15) is 0 Å². The van der Waals surface area contributed by atoms with Crippen LogP contribution in [0.5, 0.6) is 0 Å². The Hall–Kier alpha value is -2.40. The Morgan fingerprint density at radius 2 is 2.07 bits per heavy atom. The molecule has 1 aromatic rings. The summed E-state index contributed by atoms with van der Waals surface area (Å²) in [5.41, 5.74) is 2.20. The van der Waals surface area contributed by atoms with E-state index in [1.807, 2.05) is 54.3 Å². The maximum Gasteiger partial charge on any atom is 0.303 e. The fourth-order valence-corrected chi connectivity index (χ4v) is 3.74. The van der Waals surface area contributed by atoms with Gasteiger partial charge in [-0.3, -0.25) is 9.59 Å². The number of carbonyl (C=O) groups is 2. The lowest BCUT2D eigenvalue weighted by Crippen LogP contribution is -2.32. The van der Waals surface area contributed by atoms with Crippen molar-refractivity contribution in [2.45, 2.75) is 70.4 Å². The van der Waals surface area contributed by atoms with Crippen LogP contribution < -0.4 is 0 Å². The highest BCUT2D eigenvalue weighted by Gasteiger charge is 2.28. The van der Waals surface area contributed by atoms with Crippen molar-refractivity contribution >= 4 is 18.0 Å². The van der Waals surface area contributed by atoms with Crippen LogP contribution in [0.4, 0.5) is 0 Å². The highest BCUT2D eigenvalue weighted by molar-refractivity contribution is 5.79. The smallest absolute Gasteiger partial charge is 0.303 e. The third kappa shape index (κ3) is 8.24. The lowest BCUT2D eigenvalue weighted by Gasteiger charge is -2.22. The van der Waals surface area contributed by atoms with Crippen LogP contribution in [-0.4, -0.2) is 45.7 Å². The van der Waals surface area contributed by atoms with E-state index in [9.17, 15) is 14.7 Å². The van der Waals surface area contributed by atoms with E-state index in [-0.39, 0.29) is 18.4 Å². The highest BCUT2D eigenvalue weighted by atomic mass is 16.4. The number of hydrogen-bond donors (Lipinski definition) is 2. The zero-order chi connectivity index (χ0) is 21.1. The summed E-state index contributed by atoms with van der Waals surface area (Å²) in [4.78, 5) is 24.6. The molecular weight excluding hydrogens is 366 g/mol. The van der Waals surface area contributed by atoms with E-state index in [0.29, 0.717) is 25.8 Å². The van der Waals surface area contributed by atoms with E-state index in [0.717, 1.165) is 36.8 Å². The van der Waals surface area contributed by atoms with Crippen LogP contribution in [-0.2, 0) is 16.0 Å². The normalized spacial score (nSPS) is 18.2. The van der Waals surface area contributed by atoms with Crippen LogP contribution in [0, 0.1) is 0 Å². The van der Waals surface area contributed by atoms with Crippen molar-refractivity contribution in [2.24, 2.45) is 0 Å². The van der Waals surface area contributed by atoms with Crippen molar-refractivity contribution in [1.82, 2.24) is 4.90 Å². The molecule has 0 unspecified atom stereocenters. The summed E-state index contributed by atoms with van der Waals surface area (Å²) < 4.78 is 0. The minimum Gasteiger partial charge on any atom is -0.481 e. The molecule has 0 saturated carbocycles. The van der Waals surface area contributed by atoms with Gasteiger partial charge in [-0.1, -0.05) is 61.4 Å². The van der Waals surface area contributed by atoms with Crippen LogP contribution in [0.3, 0.4) is 0 Å². The van der Waals surface area contributed by atoms with Gasteiger partial charge in [0.15, 0.2) is 0 Å². The number of benzene rings is 1. The summed E-state index contributed by atoms with van der Waals surface area (Å²) in [5.74, 6) is -0.587. The average molecular weight is 400 g/mol. The highest BCUT2D eigenvalue weighted by Crippen LogP contribution is 2.21. The maximum absolute atomic E-state index is 12.2. The number of carboxylic acid groups (broad SMARTS) is 1. The van der Waals surface area contributed by atoms with Crippen molar-refractivity contribution in [1.29, 1.82) is 0 Å². The first-order valence-corrected chi connectivity index (χ1v) is 10.6. The number of nitrogens with zero attached hydrogens (tertiary/aromatic N) is 1. The van der Waals surface area contributed by atoms with Gasteiger partial charge in [-0.2, -0.15) is 0 Å². The molecule has 29 heavy (non-hydrogen) atoms. The van der Waals surface area contributed by atoms with Crippen molar-refractivity contribution in [2.75, 3.05) is 6.54 Å². The summed E-state index contributed by atoms with van der Waals surface area (Å²) in [7, 11) is 0. The molecule has 1 fully saturated rings. The summed E-state index contributed by atoms with van der Waals surface area (Å²) in [5, 5.41) is 19.1. The topological polar surface area (TPSA) is 77.8 Å². The first-order chi connectivity index (χ1) is 14.0. The molecule has 1 amide bonds. The maximum atomic E-state index is 12.2. The number of hydrogen-bond acceptors (Lipinski definition) is 3. The van der Waals surface area contributed by atoms with E-state index in [2.05, 4.69) is 6.07 Å². The second kappa shape index (κ2) is 12.2. The SMILES string of the molecule is C/C=C/c1cccc(C[C@H](O)/C=C/[C@H]2CCC(=O)N2CCCCCCC(=O)O)c1. The lowest BCUT2D eigenvalue weighted by atomic mass is 10.0. The quantitative estimate of drug-likeness (QED) is 0.408. The Morgan fingerprint density at radius 1 is 1.28 bits per heavy atom. The van der Waals surface area contributed by atoms with Crippen LogP contribution in [0.25, 0.3) is 6.08 Å². The van der Waals surface area contributed by atoms with Gasteiger partial charge >= 0.3 is 5.97 Å². The van der Waals surface area contributed by atoms with Crippen molar-refractivity contribution in [3.63, 3.8) is 0 Å². The summed E-state index contributed by atoms with van der Waals surface area (Å²) in [6.45, 7) is 2.68. The van der Waals surface area contributed by atoms with Crippen molar-refractivity contribution in [3.05, 3.63) is 53.6 Å². The van der Waals surface area contributed by atoms with Gasteiger partial charge in [0.2, 0.25) is 5.91 Å². The monoisotopic (exact) mass is 399 g/mol. The second-order valence-corrected chi connectivity index (χ2v) is 7.65. The molecule has 5 heteroatoms. The molecular formula is C24H33NO4. The van der Waals surface area contributed by atoms with Crippen LogP contribution in [0.1, 0.15) is 63.0 Å². The fourth-order valence-electron chi connectivity index (χ4n) is 3.74. The van der Waals surface area contributed by atoms with E-state index >= 15 is 0 Å². The zero-order valence-electron chi connectivity index (χ0n) is 17.3. The lowest BCUT2D eigenvalue weighted by molar-refractivity contribution is -0.137. The van der Waals surface area contributed by atoms with Crippen molar-refractivity contribution < 1.29 is 19.8 Å². The molecule has 1 heterocycles.